The maximum atomic E-state index is 14.0. The summed E-state index contributed by atoms with van der Waals surface area (Å²) in [7, 11) is 0. The molecule has 4 nitrogen and oxygen atoms in total. The van der Waals surface area contributed by atoms with Gasteiger partial charge in [0.25, 0.3) is 0 Å². The van der Waals surface area contributed by atoms with Crippen LogP contribution in [0.25, 0.3) is 16.3 Å². The molecular weight excluding hydrogens is 563 g/mol. The Morgan fingerprint density at radius 2 is 1.74 bits per heavy atom. The second-order valence-corrected chi connectivity index (χ2v) is 12.9. The lowest BCUT2D eigenvalue weighted by Gasteiger charge is -2.40. The zero-order valence-electron chi connectivity index (χ0n) is 24.6. The largest absolute Gasteiger partial charge is 0.488 e. The van der Waals surface area contributed by atoms with Crippen molar-refractivity contribution in [2.45, 2.75) is 53.2 Å². The summed E-state index contributed by atoms with van der Waals surface area (Å²) in [4.78, 5) is 16.3. The molecule has 216 valence electrons. The fourth-order valence-corrected chi connectivity index (χ4v) is 7.00. The zero-order chi connectivity index (χ0) is 29.6. The quantitative estimate of drug-likeness (QED) is 0.230. The van der Waals surface area contributed by atoms with E-state index in [1.165, 1.54) is 10.8 Å². The fraction of sp³-hybridized carbons (Fsp3) is 0.306. The summed E-state index contributed by atoms with van der Waals surface area (Å²) in [5, 5.41) is 7.28. The molecule has 0 fully saturated rings. The number of ketones is 1. The number of nitrogens with zero attached hydrogens (tertiary/aromatic N) is 1. The minimum Gasteiger partial charge on any atom is -0.488 e. The molecule has 6 rings (SSSR count). The van der Waals surface area contributed by atoms with E-state index < -0.39 is 0 Å². The van der Waals surface area contributed by atoms with E-state index in [0.717, 1.165) is 64.5 Å². The van der Waals surface area contributed by atoms with Crippen molar-refractivity contribution in [2.24, 2.45) is 5.41 Å². The molecule has 0 spiro atoms. The van der Waals surface area contributed by atoms with Gasteiger partial charge in [0.1, 0.15) is 12.4 Å². The van der Waals surface area contributed by atoms with Crippen LogP contribution in [0.1, 0.15) is 63.3 Å². The van der Waals surface area contributed by atoms with Crippen molar-refractivity contribution < 1.29 is 9.53 Å². The number of hydrogen-bond acceptors (Lipinski definition) is 4. The molecule has 2 aliphatic rings. The van der Waals surface area contributed by atoms with Gasteiger partial charge in [0, 0.05) is 69.3 Å². The molecule has 1 aliphatic heterocycles. The summed E-state index contributed by atoms with van der Waals surface area (Å²) >= 11 is 12.7. The first-order valence-corrected chi connectivity index (χ1v) is 15.4. The van der Waals surface area contributed by atoms with Crippen molar-refractivity contribution in [3.8, 4) is 5.75 Å². The summed E-state index contributed by atoms with van der Waals surface area (Å²) in [6, 6.07) is 24.2. The third-order valence-corrected chi connectivity index (χ3v) is 9.16. The van der Waals surface area contributed by atoms with E-state index in [9.17, 15) is 4.79 Å². The highest BCUT2D eigenvalue weighted by Gasteiger charge is 2.41. The van der Waals surface area contributed by atoms with Crippen LogP contribution in [0.4, 0.5) is 11.4 Å². The number of carbonyl (C=O) groups excluding carboxylic acids is 1. The summed E-state index contributed by atoms with van der Waals surface area (Å²) in [5.41, 5.74) is 6.93. The van der Waals surface area contributed by atoms with Crippen molar-refractivity contribution in [3.63, 3.8) is 0 Å². The highest BCUT2D eigenvalue weighted by Crippen LogP contribution is 2.53. The van der Waals surface area contributed by atoms with E-state index in [2.05, 4.69) is 92.5 Å². The predicted molar refractivity (Wildman–Crippen MR) is 176 cm³/mol. The average molecular weight is 600 g/mol. The number of Topliss-reactive ketones (excluding diaryl/α,β-unsaturated/α-hetero) is 1. The van der Waals surface area contributed by atoms with Gasteiger partial charge in [-0.25, -0.2) is 0 Å². The van der Waals surface area contributed by atoms with E-state index in [0.29, 0.717) is 16.5 Å². The van der Waals surface area contributed by atoms with Crippen molar-refractivity contribution in [2.75, 3.05) is 23.3 Å². The number of benzene rings is 4. The van der Waals surface area contributed by atoms with Crippen molar-refractivity contribution >= 4 is 56.7 Å². The Balaban J connectivity index is 1.51. The molecule has 6 heteroatoms. The Morgan fingerprint density at radius 3 is 2.50 bits per heavy atom. The molecule has 1 atom stereocenters. The molecule has 0 amide bonds. The van der Waals surface area contributed by atoms with Crippen LogP contribution in [0.15, 0.2) is 78.4 Å². The lowest BCUT2D eigenvalue weighted by molar-refractivity contribution is -0.118. The van der Waals surface area contributed by atoms with Crippen molar-refractivity contribution in [3.05, 3.63) is 105 Å². The first kappa shape index (κ1) is 28.6. The van der Waals surface area contributed by atoms with Crippen LogP contribution in [-0.4, -0.2) is 18.9 Å². The third-order valence-electron chi connectivity index (χ3n) is 8.57. The molecule has 1 heterocycles. The standard InChI is InChI=1S/C36H36Cl2N2O2/c1-5-40(6-2)25-14-15-27(32(18-25)42-21-23-11-13-24(37)17-29(23)38)35-34-28(19-36(3,4)20-31(34)41)33-26-10-8-7-9-22(26)12-16-30(33)39-35/h7-18,35,39H,5-6,19-21H2,1-4H3/t35-/m1/s1. The highest BCUT2D eigenvalue weighted by atomic mass is 35.5. The van der Waals surface area contributed by atoms with Gasteiger partial charge in [-0.3, -0.25) is 4.79 Å². The van der Waals surface area contributed by atoms with Gasteiger partial charge in [-0.2, -0.15) is 0 Å². The van der Waals surface area contributed by atoms with E-state index in [1.54, 1.807) is 6.07 Å². The van der Waals surface area contributed by atoms with Gasteiger partial charge in [0.15, 0.2) is 5.78 Å². The zero-order valence-corrected chi connectivity index (χ0v) is 26.1. The van der Waals surface area contributed by atoms with Crippen molar-refractivity contribution in [1.82, 2.24) is 0 Å². The maximum Gasteiger partial charge on any atom is 0.162 e. The summed E-state index contributed by atoms with van der Waals surface area (Å²) in [6.45, 7) is 10.7. The van der Waals surface area contributed by atoms with Crippen LogP contribution in [0, 0.1) is 5.41 Å². The minimum atomic E-state index is -0.335. The number of allylic oxidation sites excluding steroid dienone is 1. The van der Waals surface area contributed by atoms with Crippen LogP contribution in [0.3, 0.4) is 0 Å². The molecule has 42 heavy (non-hydrogen) atoms. The van der Waals surface area contributed by atoms with E-state index in [4.69, 9.17) is 27.9 Å². The second kappa shape index (κ2) is 11.3. The molecular formula is C36H36Cl2N2O2. The Morgan fingerprint density at radius 1 is 0.952 bits per heavy atom. The highest BCUT2D eigenvalue weighted by molar-refractivity contribution is 6.35. The van der Waals surface area contributed by atoms with E-state index in [-0.39, 0.29) is 23.8 Å². The summed E-state index contributed by atoms with van der Waals surface area (Å²) in [6.07, 6.45) is 1.35. The molecule has 0 saturated carbocycles. The van der Waals surface area contributed by atoms with Gasteiger partial charge in [0.2, 0.25) is 0 Å². The lowest BCUT2D eigenvalue weighted by Crippen LogP contribution is -2.33. The monoisotopic (exact) mass is 598 g/mol. The normalized spacial score (nSPS) is 17.5. The number of rotatable bonds is 7. The molecule has 0 saturated heterocycles. The maximum absolute atomic E-state index is 14.0. The average Bonchev–Trinajstić information content (AvgIpc) is 2.96. The number of fused-ring (bicyclic) bond motifs is 4. The Labute approximate surface area is 258 Å². The number of nitrogens with one attached hydrogen (secondary N) is 1. The molecule has 1 N–H and O–H groups in total. The van der Waals surface area contributed by atoms with Crippen LogP contribution in [-0.2, 0) is 11.4 Å². The number of halogens is 2. The SMILES string of the molecule is CCN(CC)c1ccc([C@H]2Nc3ccc4ccccc4c3C3=C2C(=O)CC(C)(C)C3)c(OCc2ccc(Cl)cc2Cl)c1. The van der Waals surface area contributed by atoms with Crippen LogP contribution < -0.4 is 15.0 Å². The number of anilines is 2. The number of carbonyl (C=O) groups is 1. The Kier molecular flexibility index (Phi) is 7.72. The Bertz CT molecular complexity index is 1720. The number of hydrogen-bond donors (Lipinski definition) is 1. The van der Waals surface area contributed by atoms with Gasteiger partial charge in [-0.15, -0.1) is 0 Å². The van der Waals surface area contributed by atoms with Gasteiger partial charge in [-0.05, 0) is 66.3 Å². The van der Waals surface area contributed by atoms with Gasteiger partial charge >= 0.3 is 0 Å². The smallest absolute Gasteiger partial charge is 0.162 e. The van der Waals surface area contributed by atoms with Crippen LogP contribution >= 0.6 is 23.2 Å². The topological polar surface area (TPSA) is 41.6 Å². The Hall–Kier alpha value is -3.47. The van der Waals surface area contributed by atoms with E-state index in [1.807, 2.05) is 12.1 Å². The van der Waals surface area contributed by atoms with Crippen LogP contribution in [0.5, 0.6) is 5.75 Å². The molecule has 0 bridgehead atoms. The van der Waals surface area contributed by atoms with Gasteiger partial charge < -0.3 is 15.0 Å². The fourth-order valence-electron chi connectivity index (χ4n) is 6.54. The molecule has 4 aromatic carbocycles. The second-order valence-electron chi connectivity index (χ2n) is 12.0. The molecule has 1 aliphatic carbocycles. The molecule has 0 aromatic heterocycles. The third kappa shape index (κ3) is 5.27. The molecule has 4 aromatic rings. The predicted octanol–water partition coefficient (Wildman–Crippen LogP) is 9.88. The summed E-state index contributed by atoms with van der Waals surface area (Å²) < 4.78 is 6.56. The van der Waals surface area contributed by atoms with Crippen LogP contribution in [0.2, 0.25) is 10.0 Å². The first-order valence-electron chi connectivity index (χ1n) is 14.7. The first-order chi connectivity index (χ1) is 20.2. The van der Waals surface area contributed by atoms with Gasteiger partial charge in [0.05, 0.1) is 6.04 Å². The lowest BCUT2D eigenvalue weighted by atomic mass is 9.67. The van der Waals surface area contributed by atoms with Crippen molar-refractivity contribution in [1.29, 1.82) is 0 Å². The molecule has 0 unspecified atom stereocenters. The minimum absolute atomic E-state index is 0.122. The van der Waals surface area contributed by atoms with Gasteiger partial charge in [-0.1, -0.05) is 79.5 Å². The molecule has 0 radical (unpaired) electrons. The summed E-state index contributed by atoms with van der Waals surface area (Å²) in [5.74, 6) is 0.925. The number of ether oxygens (including phenoxy) is 1. The van der Waals surface area contributed by atoms with E-state index >= 15 is 0 Å².